The van der Waals surface area contributed by atoms with Crippen molar-refractivity contribution in [3.05, 3.63) is 35.0 Å². The third kappa shape index (κ3) is 3.28. The fraction of sp³-hybridized carbons (Fsp3) is 0.429. The van der Waals surface area contributed by atoms with Crippen LogP contribution in [-0.2, 0) is 4.74 Å². The minimum atomic E-state index is -0.0407. The molecule has 0 bridgehead atoms. The highest BCUT2D eigenvalue weighted by Crippen LogP contribution is 2.30. The van der Waals surface area contributed by atoms with E-state index in [1.807, 2.05) is 31.2 Å². The summed E-state index contributed by atoms with van der Waals surface area (Å²) in [5.74, 6) is 6.41. The number of furan rings is 1. The molecule has 2 rings (SSSR count). The van der Waals surface area contributed by atoms with Crippen LogP contribution >= 0.6 is 11.6 Å². The van der Waals surface area contributed by atoms with Crippen LogP contribution in [0.4, 0.5) is 0 Å². The Morgan fingerprint density at radius 2 is 2.21 bits per heavy atom. The van der Waals surface area contributed by atoms with Crippen molar-refractivity contribution in [2.45, 2.75) is 31.9 Å². The van der Waals surface area contributed by atoms with Crippen LogP contribution in [0, 0.1) is 0 Å². The van der Waals surface area contributed by atoms with E-state index in [0.717, 1.165) is 24.0 Å². The lowest BCUT2D eigenvalue weighted by Gasteiger charge is -2.15. The maximum Gasteiger partial charge on any atom is 0.152 e. The third-order valence-electron chi connectivity index (χ3n) is 3.32. The molecular weight excluding hydrogens is 264 g/mol. The summed E-state index contributed by atoms with van der Waals surface area (Å²) in [6.07, 6.45) is 1.93. The summed E-state index contributed by atoms with van der Waals surface area (Å²) in [6, 6.07) is 7.63. The number of hydrazine groups is 1. The maximum absolute atomic E-state index is 6.10. The summed E-state index contributed by atoms with van der Waals surface area (Å²) in [5.41, 5.74) is 3.49. The molecular formula is C14H19ClN2O2. The molecule has 2 unspecified atom stereocenters. The summed E-state index contributed by atoms with van der Waals surface area (Å²) in [6.45, 7) is 2.03. The molecule has 0 saturated carbocycles. The number of ether oxygens (including phenoxy) is 1. The van der Waals surface area contributed by atoms with Gasteiger partial charge in [0.25, 0.3) is 0 Å². The maximum atomic E-state index is 6.10. The average molecular weight is 283 g/mol. The number of hydrogen-bond acceptors (Lipinski definition) is 4. The van der Waals surface area contributed by atoms with Crippen LogP contribution in [0.3, 0.4) is 0 Å². The van der Waals surface area contributed by atoms with E-state index >= 15 is 0 Å². The minimum absolute atomic E-state index is 0.0407. The molecule has 2 aromatic rings. The van der Waals surface area contributed by atoms with Crippen molar-refractivity contribution in [1.29, 1.82) is 0 Å². The Morgan fingerprint density at radius 1 is 1.42 bits per heavy atom. The predicted molar refractivity (Wildman–Crippen MR) is 77.0 cm³/mol. The van der Waals surface area contributed by atoms with Gasteiger partial charge in [0.15, 0.2) is 5.58 Å². The second-order valence-corrected chi connectivity index (χ2v) is 5.06. The fourth-order valence-corrected chi connectivity index (χ4v) is 2.27. The van der Waals surface area contributed by atoms with E-state index in [1.54, 1.807) is 7.11 Å². The molecule has 4 nitrogen and oxygen atoms in total. The van der Waals surface area contributed by atoms with Crippen LogP contribution in [0.15, 0.2) is 28.7 Å². The van der Waals surface area contributed by atoms with Crippen LogP contribution in [0.25, 0.3) is 11.0 Å². The van der Waals surface area contributed by atoms with Crippen molar-refractivity contribution in [3.8, 4) is 0 Å². The van der Waals surface area contributed by atoms with Gasteiger partial charge in [0.2, 0.25) is 0 Å². The highest BCUT2D eigenvalue weighted by atomic mass is 35.5. The molecule has 0 radical (unpaired) electrons. The van der Waals surface area contributed by atoms with Crippen LogP contribution < -0.4 is 11.3 Å². The molecule has 0 aliphatic carbocycles. The Labute approximate surface area is 117 Å². The molecule has 0 amide bonds. The number of hydrogen-bond donors (Lipinski definition) is 2. The Balaban J connectivity index is 2.18. The SMILES string of the molecule is COC(C)CCC(NN)c1cc2cccc(Cl)c2o1. The van der Waals surface area contributed by atoms with Gasteiger partial charge in [-0.3, -0.25) is 5.84 Å². The second kappa shape index (κ2) is 6.39. The molecule has 0 fully saturated rings. The van der Waals surface area contributed by atoms with Crippen LogP contribution in [0.1, 0.15) is 31.6 Å². The van der Waals surface area contributed by atoms with Crippen molar-refractivity contribution in [2.75, 3.05) is 7.11 Å². The van der Waals surface area contributed by atoms with Crippen LogP contribution in [-0.4, -0.2) is 13.2 Å². The summed E-state index contributed by atoms with van der Waals surface area (Å²) in [5, 5.41) is 1.60. The Bertz CT molecular complexity index is 541. The van der Waals surface area contributed by atoms with E-state index in [0.29, 0.717) is 10.6 Å². The predicted octanol–water partition coefficient (Wildman–Crippen LogP) is 3.41. The first-order chi connectivity index (χ1) is 9.15. The molecule has 0 aliphatic rings. The van der Waals surface area contributed by atoms with Crippen molar-refractivity contribution < 1.29 is 9.15 Å². The molecule has 19 heavy (non-hydrogen) atoms. The zero-order chi connectivity index (χ0) is 13.8. The standard InChI is InChI=1S/C14H19ClN2O2/c1-9(18-2)6-7-12(17-16)13-8-10-4-3-5-11(15)14(10)19-13/h3-5,8-9,12,17H,6-7,16H2,1-2H3. The minimum Gasteiger partial charge on any atom is -0.458 e. The topological polar surface area (TPSA) is 60.4 Å². The number of rotatable bonds is 6. The molecule has 104 valence electrons. The van der Waals surface area contributed by atoms with Gasteiger partial charge in [0, 0.05) is 12.5 Å². The first kappa shape index (κ1) is 14.3. The molecule has 2 atom stereocenters. The van der Waals surface area contributed by atoms with Gasteiger partial charge in [-0.05, 0) is 31.9 Å². The first-order valence-electron chi connectivity index (χ1n) is 6.32. The second-order valence-electron chi connectivity index (χ2n) is 4.65. The summed E-state index contributed by atoms with van der Waals surface area (Å²) in [4.78, 5) is 0. The monoisotopic (exact) mass is 282 g/mol. The van der Waals surface area contributed by atoms with Gasteiger partial charge in [-0.15, -0.1) is 0 Å². The molecule has 0 aliphatic heterocycles. The van der Waals surface area contributed by atoms with Gasteiger partial charge in [-0.2, -0.15) is 0 Å². The van der Waals surface area contributed by atoms with Crippen LogP contribution in [0.5, 0.6) is 0 Å². The third-order valence-corrected chi connectivity index (χ3v) is 3.62. The highest BCUT2D eigenvalue weighted by molar-refractivity contribution is 6.34. The van der Waals surface area contributed by atoms with E-state index in [-0.39, 0.29) is 12.1 Å². The van der Waals surface area contributed by atoms with E-state index in [2.05, 4.69) is 5.43 Å². The fourth-order valence-electron chi connectivity index (χ4n) is 2.05. The number of benzene rings is 1. The summed E-state index contributed by atoms with van der Waals surface area (Å²) >= 11 is 6.10. The number of halogens is 1. The average Bonchev–Trinajstić information content (AvgIpc) is 2.84. The normalized spacial score (nSPS) is 14.7. The molecule has 0 spiro atoms. The van der Waals surface area contributed by atoms with Crippen LogP contribution in [0.2, 0.25) is 5.02 Å². The molecule has 1 aromatic carbocycles. The van der Waals surface area contributed by atoms with Gasteiger partial charge in [-0.25, -0.2) is 5.43 Å². The molecule has 1 aromatic heterocycles. The largest absolute Gasteiger partial charge is 0.458 e. The zero-order valence-corrected chi connectivity index (χ0v) is 11.9. The Morgan fingerprint density at radius 3 is 2.84 bits per heavy atom. The van der Waals surface area contributed by atoms with E-state index < -0.39 is 0 Å². The number of nitrogens with two attached hydrogens (primary N) is 1. The first-order valence-corrected chi connectivity index (χ1v) is 6.70. The summed E-state index contributed by atoms with van der Waals surface area (Å²) < 4.78 is 11.0. The molecule has 5 heteroatoms. The van der Waals surface area contributed by atoms with Crippen molar-refractivity contribution >= 4 is 22.6 Å². The molecule has 1 heterocycles. The number of para-hydroxylation sites is 1. The Hall–Kier alpha value is -1.07. The van der Waals surface area contributed by atoms with E-state index in [4.69, 9.17) is 26.6 Å². The van der Waals surface area contributed by atoms with E-state index in [9.17, 15) is 0 Å². The smallest absolute Gasteiger partial charge is 0.152 e. The lowest BCUT2D eigenvalue weighted by atomic mass is 10.1. The number of nitrogens with one attached hydrogen (secondary N) is 1. The van der Waals surface area contributed by atoms with Crippen molar-refractivity contribution in [1.82, 2.24) is 5.43 Å². The quantitative estimate of drug-likeness (QED) is 0.630. The molecule has 0 saturated heterocycles. The van der Waals surface area contributed by atoms with Gasteiger partial charge in [-0.1, -0.05) is 23.7 Å². The summed E-state index contributed by atoms with van der Waals surface area (Å²) in [7, 11) is 1.70. The van der Waals surface area contributed by atoms with Crippen molar-refractivity contribution in [2.24, 2.45) is 5.84 Å². The van der Waals surface area contributed by atoms with Gasteiger partial charge >= 0.3 is 0 Å². The zero-order valence-electron chi connectivity index (χ0n) is 11.2. The van der Waals surface area contributed by atoms with Gasteiger partial charge in [0.1, 0.15) is 5.76 Å². The Kier molecular flexibility index (Phi) is 4.82. The lowest BCUT2D eigenvalue weighted by molar-refractivity contribution is 0.105. The number of methoxy groups -OCH3 is 1. The van der Waals surface area contributed by atoms with Crippen molar-refractivity contribution in [3.63, 3.8) is 0 Å². The highest BCUT2D eigenvalue weighted by Gasteiger charge is 2.17. The van der Waals surface area contributed by atoms with E-state index in [1.165, 1.54) is 0 Å². The molecule has 3 N–H and O–H groups in total. The number of fused-ring (bicyclic) bond motifs is 1. The van der Waals surface area contributed by atoms with Gasteiger partial charge < -0.3 is 9.15 Å². The van der Waals surface area contributed by atoms with Gasteiger partial charge in [0.05, 0.1) is 17.2 Å². The lowest BCUT2D eigenvalue weighted by Crippen LogP contribution is -2.28.